The van der Waals surface area contributed by atoms with Crippen LogP contribution in [0.4, 0.5) is 15.8 Å². The Balaban J connectivity index is 0.00000274. The Morgan fingerprint density at radius 3 is 2.41 bits per heavy atom. The fourth-order valence-corrected chi connectivity index (χ4v) is 8.25. The summed E-state index contributed by atoms with van der Waals surface area (Å²) >= 11 is 1.63. The van der Waals surface area contributed by atoms with Crippen molar-refractivity contribution in [1.29, 1.82) is 0 Å². The molecule has 0 N–H and O–H groups in total. The van der Waals surface area contributed by atoms with E-state index in [4.69, 9.17) is 4.99 Å². The summed E-state index contributed by atoms with van der Waals surface area (Å²) in [6.45, 7) is 4.17. The topological polar surface area (TPSA) is 79.0 Å². The molecule has 1 aromatic carbocycles. The summed E-state index contributed by atoms with van der Waals surface area (Å²) in [4.78, 5) is 32.4. The van der Waals surface area contributed by atoms with Gasteiger partial charge in [-0.1, -0.05) is 18.7 Å². The first-order valence-electron chi connectivity index (χ1n) is 12.0. The molecule has 4 bridgehead atoms. The van der Waals surface area contributed by atoms with Crippen molar-refractivity contribution in [1.82, 2.24) is 4.90 Å². The van der Waals surface area contributed by atoms with Crippen molar-refractivity contribution in [2.24, 2.45) is 22.7 Å². The Labute approximate surface area is 210 Å². The number of hydrogen-bond donors (Lipinski definition) is 0. The molecule has 1 atom stereocenters. The number of rotatable bonds is 6. The second kappa shape index (κ2) is 9.64. The number of amides is 1. The largest absolute Gasteiger partial charge is 0.330 e. The van der Waals surface area contributed by atoms with Crippen LogP contribution in [-0.4, -0.2) is 44.9 Å². The Bertz CT molecular complexity index is 971. The predicted octanol–water partition coefficient (Wildman–Crippen LogP) is 5.62. The molecule has 1 aliphatic heterocycles. The number of thioether (sulfide) groups is 1. The second-order valence-corrected chi connectivity index (χ2v) is 11.3. The third-order valence-electron chi connectivity index (χ3n) is 7.81. The van der Waals surface area contributed by atoms with Gasteiger partial charge in [-0.2, -0.15) is 0 Å². The van der Waals surface area contributed by atoms with E-state index in [1.54, 1.807) is 11.8 Å². The molecular formula is C24H32ClFN4O3S. The van der Waals surface area contributed by atoms with Crippen molar-refractivity contribution >= 4 is 46.6 Å². The van der Waals surface area contributed by atoms with Gasteiger partial charge in [-0.3, -0.25) is 24.8 Å². The first-order chi connectivity index (χ1) is 15.8. The van der Waals surface area contributed by atoms with E-state index in [1.807, 2.05) is 0 Å². The number of nitro groups is 1. The number of carbonyl (C=O) groups excluding carboxylic acids is 1. The summed E-state index contributed by atoms with van der Waals surface area (Å²) in [5.41, 5.74) is -0.261. The molecule has 1 heterocycles. The van der Waals surface area contributed by atoms with Crippen molar-refractivity contribution in [3.8, 4) is 0 Å². The summed E-state index contributed by atoms with van der Waals surface area (Å²) in [5, 5.41) is 12.2. The number of anilines is 1. The van der Waals surface area contributed by atoms with Gasteiger partial charge in [0.1, 0.15) is 12.0 Å². The molecule has 7 nitrogen and oxygen atoms in total. The third-order valence-corrected chi connectivity index (χ3v) is 8.86. The van der Waals surface area contributed by atoms with E-state index >= 15 is 0 Å². The highest BCUT2D eigenvalue weighted by Crippen LogP contribution is 2.57. The Kier molecular flexibility index (Phi) is 7.16. The molecule has 6 rings (SSSR count). The van der Waals surface area contributed by atoms with Crippen LogP contribution in [0.15, 0.2) is 23.2 Å². The number of non-ortho nitro benzene ring substituents is 1. The fraction of sp³-hybridized carbons (Fsp3) is 0.667. The number of aliphatic imine (C=N–C) groups is 1. The van der Waals surface area contributed by atoms with Crippen molar-refractivity contribution in [3.63, 3.8) is 0 Å². The number of amidine groups is 1. The number of benzene rings is 1. The molecule has 0 aromatic heterocycles. The Hall–Kier alpha value is -1.87. The summed E-state index contributed by atoms with van der Waals surface area (Å²) in [6, 6.07) is 3.37. The van der Waals surface area contributed by atoms with Gasteiger partial charge in [-0.15, -0.1) is 12.4 Å². The van der Waals surface area contributed by atoms with Gasteiger partial charge >= 0.3 is 0 Å². The summed E-state index contributed by atoms with van der Waals surface area (Å²) in [6.07, 6.45) is 7.96. The standard InChI is InChI=1S/C24H31FN4O3S.ClH/c1-3-6-27-22(28(15(2)30)21-10-19(29(31)32)4-5-20(21)25)14-33-23(27)26-24-11-16-7-17(12-24)9-18(8-16)13-24;/h4-5,10,16-18,22H,3,6-9,11-14H2,1-2H3;1H. The molecule has 4 aliphatic carbocycles. The van der Waals surface area contributed by atoms with E-state index in [-0.39, 0.29) is 35.2 Å². The molecule has 5 aliphatic rings. The van der Waals surface area contributed by atoms with Gasteiger partial charge in [0, 0.05) is 31.4 Å². The molecule has 4 saturated carbocycles. The van der Waals surface area contributed by atoms with Crippen LogP contribution in [0.1, 0.15) is 58.8 Å². The van der Waals surface area contributed by atoms with Gasteiger partial charge in [0.05, 0.1) is 16.1 Å². The zero-order valence-electron chi connectivity index (χ0n) is 19.6. The smallest absolute Gasteiger partial charge is 0.271 e. The van der Waals surface area contributed by atoms with Crippen LogP contribution in [0.25, 0.3) is 0 Å². The maximum absolute atomic E-state index is 14.8. The van der Waals surface area contributed by atoms with Crippen molar-refractivity contribution < 1.29 is 14.1 Å². The molecule has 1 saturated heterocycles. The van der Waals surface area contributed by atoms with Crippen molar-refractivity contribution in [2.75, 3.05) is 17.2 Å². The van der Waals surface area contributed by atoms with Gasteiger partial charge in [0.2, 0.25) is 5.91 Å². The molecule has 186 valence electrons. The average molecular weight is 511 g/mol. The number of hydrogen-bond acceptors (Lipinski definition) is 5. The summed E-state index contributed by atoms with van der Waals surface area (Å²) in [5.74, 6) is 1.95. The number of carbonyl (C=O) groups is 1. The van der Waals surface area contributed by atoms with Gasteiger partial charge in [-0.25, -0.2) is 4.39 Å². The third kappa shape index (κ3) is 4.53. The van der Waals surface area contributed by atoms with Gasteiger partial charge in [0.25, 0.3) is 5.69 Å². The maximum Gasteiger partial charge on any atom is 0.271 e. The van der Waals surface area contributed by atoms with Crippen LogP contribution >= 0.6 is 24.2 Å². The molecule has 1 amide bonds. The lowest BCUT2D eigenvalue weighted by Gasteiger charge is -2.55. The molecule has 5 fully saturated rings. The maximum atomic E-state index is 14.8. The molecule has 0 spiro atoms. The van der Waals surface area contributed by atoms with E-state index in [2.05, 4.69) is 11.8 Å². The van der Waals surface area contributed by atoms with E-state index in [0.717, 1.165) is 60.7 Å². The second-order valence-electron chi connectivity index (χ2n) is 10.3. The highest BCUT2D eigenvalue weighted by atomic mass is 35.5. The van der Waals surface area contributed by atoms with E-state index in [1.165, 1.54) is 37.2 Å². The fourth-order valence-electron chi connectivity index (χ4n) is 6.99. The molecule has 1 aromatic rings. The molecular weight excluding hydrogens is 479 g/mol. The lowest BCUT2D eigenvalue weighted by Crippen LogP contribution is -2.52. The average Bonchev–Trinajstić information content (AvgIpc) is 3.09. The van der Waals surface area contributed by atoms with Crippen molar-refractivity contribution in [2.45, 2.75) is 70.5 Å². The van der Waals surface area contributed by atoms with Crippen LogP contribution in [0.3, 0.4) is 0 Å². The molecule has 34 heavy (non-hydrogen) atoms. The highest BCUT2D eigenvalue weighted by Gasteiger charge is 2.52. The number of halogens is 2. The highest BCUT2D eigenvalue weighted by molar-refractivity contribution is 8.14. The first kappa shape index (κ1) is 25.2. The normalized spacial score (nSPS) is 32.7. The van der Waals surface area contributed by atoms with E-state index in [9.17, 15) is 19.3 Å². The Morgan fingerprint density at radius 1 is 1.26 bits per heavy atom. The van der Waals surface area contributed by atoms with Crippen LogP contribution in [-0.2, 0) is 4.79 Å². The van der Waals surface area contributed by atoms with E-state index in [0.29, 0.717) is 12.3 Å². The number of nitrogens with zero attached hydrogens (tertiary/aromatic N) is 4. The molecule has 0 radical (unpaired) electrons. The van der Waals surface area contributed by atoms with Crippen molar-refractivity contribution in [3.05, 3.63) is 34.1 Å². The van der Waals surface area contributed by atoms with Crippen LogP contribution < -0.4 is 4.90 Å². The van der Waals surface area contributed by atoms with Gasteiger partial charge in [0.15, 0.2) is 5.17 Å². The van der Waals surface area contributed by atoms with Crippen LogP contribution in [0.5, 0.6) is 0 Å². The first-order valence-corrected chi connectivity index (χ1v) is 13.0. The number of nitro benzene ring substituents is 1. The minimum absolute atomic E-state index is 0. The predicted molar refractivity (Wildman–Crippen MR) is 135 cm³/mol. The van der Waals surface area contributed by atoms with Crippen LogP contribution in [0.2, 0.25) is 0 Å². The summed E-state index contributed by atoms with van der Waals surface area (Å²) in [7, 11) is 0. The lowest BCUT2D eigenvalue weighted by atomic mass is 9.53. The Morgan fingerprint density at radius 2 is 1.88 bits per heavy atom. The van der Waals surface area contributed by atoms with E-state index < -0.39 is 16.9 Å². The SMILES string of the molecule is CCCN1C(=NC23CC4CC(CC(C4)C2)C3)SCC1N(C(C)=O)c1cc([N+](=O)[O-])ccc1F.Cl. The summed E-state index contributed by atoms with van der Waals surface area (Å²) < 4.78 is 14.8. The minimum atomic E-state index is -0.635. The zero-order chi connectivity index (χ0) is 23.3. The van der Waals surface area contributed by atoms with Crippen LogP contribution in [0, 0.1) is 33.7 Å². The quantitative estimate of drug-likeness (QED) is 0.366. The van der Waals surface area contributed by atoms with Gasteiger partial charge in [-0.05, 0) is 68.8 Å². The monoisotopic (exact) mass is 510 g/mol. The molecule has 1 unspecified atom stereocenters. The lowest BCUT2D eigenvalue weighted by molar-refractivity contribution is -0.384. The zero-order valence-corrected chi connectivity index (χ0v) is 21.2. The minimum Gasteiger partial charge on any atom is -0.330 e. The molecule has 10 heteroatoms. The van der Waals surface area contributed by atoms with Gasteiger partial charge < -0.3 is 4.90 Å².